The third kappa shape index (κ3) is 3.17. The Bertz CT molecular complexity index is 410. The number of likely N-dealkylation sites (tertiary alicyclic amines) is 1. The second-order valence-electron chi connectivity index (χ2n) is 4.56. The van der Waals surface area contributed by atoms with Gasteiger partial charge in [0.25, 0.3) is 0 Å². The van der Waals surface area contributed by atoms with Crippen molar-refractivity contribution < 1.29 is 14.7 Å². The number of aliphatic carboxylic acids is 1. The van der Waals surface area contributed by atoms with Gasteiger partial charge in [0.15, 0.2) is 5.78 Å². The minimum Gasteiger partial charge on any atom is -0.480 e. The van der Waals surface area contributed by atoms with Gasteiger partial charge in [-0.2, -0.15) is 0 Å². The number of piperidine rings is 1. The molecule has 1 aromatic rings. The van der Waals surface area contributed by atoms with E-state index < -0.39 is 12.0 Å². The maximum atomic E-state index is 12.0. The van der Waals surface area contributed by atoms with E-state index in [2.05, 4.69) is 0 Å². The molecule has 2 heterocycles. The topological polar surface area (TPSA) is 57.6 Å². The number of carbonyl (C=O) groups is 2. The van der Waals surface area contributed by atoms with Gasteiger partial charge in [-0.15, -0.1) is 11.3 Å². The number of hydrogen-bond acceptors (Lipinski definition) is 4. The molecular weight excluding hydrogens is 250 g/mol. The standard InChI is InChI=1S/C13H17NO3S/c15-11(12-5-4-8-18-12)9-10(13(16)17)14-6-2-1-3-7-14/h4-5,8,10H,1-3,6-7,9H2,(H,16,17)/t10-/m0/s1. The van der Waals surface area contributed by atoms with Crippen LogP contribution in [0.1, 0.15) is 35.4 Å². The second-order valence-corrected chi connectivity index (χ2v) is 5.50. The zero-order valence-electron chi connectivity index (χ0n) is 10.2. The summed E-state index contributed by atoms with van der Waals surface area (Å²) in [6, 6.07) is 2.90. The quantitative estimate of drug-likeness (QED) is 0.831. The highest BCUT2D eigenvalue weighted by molar-refractivity contribution is 7.12. The zero-order chi connectivity index (χ0) is 13.0. The molecule has 0 aliphatic carbocycles. The average Bonchev–Trinajstić information content (AvgIpc) is 2.90. The molecule has 1 N–H and O–H groups in total. The molecule has 1 atom stereocenters. The molecule has 0 amide bonds. The van der Waals surface area contributed by atoms with Gasteiger partial charge in [-0.3, -0.25) is 14.5 Å². The number of thiophene rings is 1. The van der Waals surface area contributed by atoms with Gasteiger partial charge in [0.05, 0.1) is 4.88 Å². The first-order valence-corrected chi connectivity index (χ1v) is 7.10. The Morgan fingerprint density at radius 2 is 2.06 bits per heavy atom. The van der Waals surface area contributed by atoms with Crippen molar-refractivity contribution in [1.29, 1.82) is 0 Å². The van der Waals surface area contributed by atoms with Gasteiger partial charge in [-0.25, -0.2) is 0 Å². The molecule has 18 heavy (non-hydrogen) atoms. The van der Waals surface area contributed by atoms with Crippen molar-refractivity contribution in [2.45, 2.75) is 31.7 Å². The van der Waals surface area contributed by atoms with Gasteiger partial charge in [-0.1, -0.05) is 12.5 Å². The SMILES string of the molecule is O=C(C[C@@H](C(=O)O)N1CCCCC1)c1cccs1. The average molecular weight is 267 g/mol. The van der Waals surface area contributed by atoms with Gasteiger partial charge >= 0.3 is 5.97 Å². The van der Waals surface area contributed by atoms with Crippen LogP contribution in [0.4, 0.5) is 0 Å². The fourth-order valence-corrected chi connectivity index (χ4v) is 2.99. The lowest BCUT2D eigenvalue weighted by Crippen LogP contribution is -2.45. The van der Waals surface area contributed by atoms with Crippen molar-refractivity contribution in [3.05, 3.63) is 22.4 Å². The van der Waals surface area contributed by atoms with E-state index in [1.165, 1.54) is 11.3 Å². The summed E-state index contributed by atoms with van der Waals surface area (Å²) in [5, 5.41) is 11.1. The van der Waals surface area contributed by atoms with E-state index in [4.69, 9.17) is 0 Å². The molecule has 5 heteroatoms. The first-order valence-electron chi connectivity index (χ1n) is 6.22. The molecule has 0 radical (unpaired) electrons. The summed E-state index contributed by atoms with van der Waals surface area (Å²) < 4.78 is 0. The maximum Gasteiger partial charge on any atom is 0.321 e. The Hall–Kier alpha value is -1.20. The van der Waals surface area contributed by atoms with Crippen molar-refractivity contribution in [1.82, 2.24) is 4.90 Å². The molecule has 2 rings (SSSR count). The molecule has 0 saturated carbocycles. The summed E-state index contributed by atoms with van der Waals surface area (Å²) >= 11 is 1.37. The molecule has 0 bridgehead atoms. The van der Waals surface area contributed by atoms with E-state index in [0.717, 1.165) is 32.4 Å². The van der Waals surface area contributed by atoms with Gasteiger partial charge in [0.2, 0.25) is 0 Å². The third-order valence-corrected chi connectivity index (χ3v) is 4.20. The molecule has 1 saturated heterocycles. The lowest BCUT2D eigenvalue weighted by molar-refractivity contribution is -0.143. The van der Waals surface area contributed by atoms with E-state index in [-0.39, 0.29) is 12.2 Å². The predicted molar refractivity (Wildman–Crippen MR) is 70.1 cm³/mol. The first-order chi connectivity index (χ1) is 8.68. The van der Waals surface area contributed by atoms with E-state index in [9.17, 15) is 14.7 Å². The van der Waals surface area contributed by atoms with Crippen LogP contribution in [0, 0.1) is 0 Å². The van der Waals surface area contributed by atoms with Crippen molar-refractivity contribution in [3.63, 3.8) is 0 Å². The number of hydrogen-bond donors (Lipinski definition) is 1. The number of Topliss-reactive ketones (excluding diaryl/α,β-unsaturated/α-hetero) is 1. The Morgan fingerprint density at radius 1 is 1.33 bits per heavy atom. The summed E-state index contributed by atoms with van der Waals surface area (Å²) in [7, 11) is 0. The van der Waals surface area contributed by atoms with Crippen LogP contribution in [0.15, 0.2) is 17.5 Å². The van der Waals surface area contributed by atoms with Crippen LogP contribution in [-0.4, -0.2) is 40.9 Å². The highest BCUT2D eigenvalue weighted by Gasteiger charge is 2.29. The van der Waals surface area contributed by atoms with E-state index >= 15 is 0 Å². The minimum absolute atomic E-state index is 0.0667. The molecule has 0 spiro atoms. The van der Waals surface area contributed by atoms with Crippen LogP contribution in [0.2, 0.25) is 0 Å². The van der Waals surface area contributed by atoms with E-state index in [0.29, 0.717) is 4.88 Å². The monoisotopic (exact) mass is 267 g/mol. The largest absolute Gasteiger partial charge is 0.480 e. The number of carboxylic acid groups (broad SMARTS) is 1. The molecule has 0 unspecified atom stereocenters. The number of ketones is 1. The van der Waals surface area contributed by atoms with Crippen molar-refractivity contribution >= 4 is 23.1 Å². The second kappa shape index (κ2) is 6.11. The van der Waals surface area contributed by atoms with E-state index in [1.807, 2.05) is 16.3 Å². The lowest BCUT2D eigenvalue weighted by Gasteiger charge is -2.31. The molecule has 0 aromatic carbocycles. The Kier molecular flexibility index (Phi) is 4.49. The Labute approximate surface area is 110 Å². The van der Waals surface area contributed by atoms with Crippen LogP contribution >= 0.6 is 11.3 Å². The molecule has 1 fully saturated rings. The fourth-order valence-electron chi connectivity index (χ4n) is 2.32. The Morgan fingerprint density at radius 3 is 2.61 bits per heavy atom. The van der Waals surface area contributed by atoms with Crippen LogP contribution in [-0.2, 0) is 4.79 Å². The molecule has 4 nitrogen and oxygen atoms in total. The lowest BCUT2D eigenvalue weighted by atomic mass is 10.0. The molecule has 1 aliphatic rings. The first kappa shape index (κ1) is 13.2. The van der Waals surface area contributed by atoms with Crippen molar-refractivity contribution in [2.24, 2.45) is 0 Å². The van der Waals surface area contributed by atoms with Gasteiger partial charge in [0.1, 0.15) is 6.04 Å². The van der Waals surface area contributed by atoms with Crippen LogP contribution in [0.5, 0.6) is 0 Å². The highest BCUT2D eigenvalue weighted by Crippen LogP contribution is 2.18. The van der Waals surface area contributed by atoms with Gasteiger partial charge in [-0.05, 0) is 37.4 Å². The minimum atomic E-state index is -0.887. The summed E-state index contributed by atoms with van der Waals surface area (Å²) in [6.45, 7) is 1.57. The van der Waals surface area contributed by atoms with E-state index in [1.54, 1.807) is 6.07 Å². The zero-order valence-corrected chi connectivity index (χ0v) is 11.0. The van der Waals surface area contributed by atoms with Crippen LogP contribution in [0.25, 0.3) is 0 Å². The molecule has 1 aromatic heterocycles. The number of nitrogens with zero attached hydrogens (tertiary/aromatic N) is 1. The fraction of sp³-hybridized carbons (Fsp3) is 0.538. The number of rotatable bonds is 5. The molecule has 1 aliphatic heterocycles. The Balaban J connectivity index is 2.02. The van der Waals surface area contributed by atoms with Crippen LogP contribution < -0.4 is 0 Å². The summed E-state index contributed by atoms with van der Waals surface area (Å²) in [5.41, 5.74) is 0. The van der Waals surface area contributed by atoms with Crippen molar-refractivity contribution in [3.8, 4) is 0 Å². The number of carbonyl (C=O) groups excluding carboxylic acids is 1. The summed E-state index contributed by atoms with van der Waals surface area (Å²) in [5.74, 6) is -0.954. The number of carboxylic acids is 1. The van der Waals surface area contributed by atoms with Crippen LogP contribution in [0.3, 0.4) is 0 Å². The predicted octanol–water partition coefficient (Wildman–Crippen LogP) is 2.26. The molecule has 98 valence electrons. The van der Waals surface area contributed by atoms with Crippen molar-refractivity contribution in [2.75, 3.05) is 13.1 Å². The van der Waals surface area contributed by atoms with Gasteiger partial charge in [0, 0.05) is 6.42 Å². The maximum absolute atomic E-state index is 12.0. The smallest absolute Gasteiger partial charge is 0.321 e. The highest BCUT2D eigenvalue weighted by atomic mass is 32.1. The summed E-state index contributed by atoms with van der Waals surface area (Å²) in [6.07, 6.45) is 3.28. The third-order valence-electron chi connectivity index (χ3n) is 3.29. The molecular formula is C13H17NO3S. The summed E-state index contributed by atoms with van der Waals surface area (Å²) in [4.78, 5) is 25.9. The normalized spacial score (nSPS) is 18.4. The van der Waals surface area contributed by atoms with Gasteiger partial charge < -0.3 is 5.11 Å².